The van der Waals surface area contributed by atoms with Gasteiger partial charge in [0.15, 0.2) is 5.00 Å². The van der Waals surface area contributed by atoms with Crippen molar-refractivity contribution in [3.8, 4) is 0 Å². The van der Waals surface area contributed by atoms with Crippen LogP contribution in [0, 0.1) is 5.92 Å². The SMILES string of the molecule is COC(=O)c1nnsc1NC(=O)[C@@H]1CC(=O)N(c2cccc(C(F)(F)F)c2)C1. The quantitative estimate of drug-likeness (QED) is 0.771. The summed E-state index contributed by atoms with van der Waals surface area (Å²) in [4.78, 5) is 37.4. The Hall–Kier alpha value is -3.02. The van der Waals surface area contributed by atoms with Crippen LogP contribution in [0.5, 0.6) is 0 Å². The zero-order valence-corrected chi connectivity index (χ0v) is 15.1. The van der Waals surface area contributed by atoms with Crippen LogP contribution >= 0.6 is 11.5 Å². The summed E-state index contributed by atoms with van der Waals surface area (Å²) >= 11 is 0.766. The zero-order chi connectivity index (χ0) is 20.5. The molecule has 1 aromatic heterocycles. The Morgan fingerprint density at radius 1 is 1.36 bits per heavy atom. The molecule has 1 aliphatic rings. The number of halogens is 3. The van der Waals surface area contributed by atoms with Crippen molar-refractivity contribution in [1.29, 1.82) is 0 Å². The fourth-order valence-electron chi connectivity index (χ4n) is 2.70. The van der Waals surface area contributed by atoms with Gasteiger partial charge in [0, 0.05) is 30.2 Å². The van der Waals surface area contributed by atoms with E-state index in [0.29, 0.717) is 0 Å². The number of hydrogen-bond donors (Lipinski definition) is 1. The molecule has 2 aromatic rings. The molecule has 0 aliphatic carbocycles. The van der Waals surface area contributed by atoms with E-state index < -0.39 is 35.4 Å². The van der Waals surface area contributed by atoms with Gasteiger partial charge >= 0.3 is 12.1 Å². The van der Waals surface area contributed by atoms with E-state index >= 15 is 0 Å². The highest BCUT2D eigenvalue weighted by molar-refractivity contribution is 7.10. The molecule has 1 aromatic carbocycles. The fraction of sp³-hybridized carbons (Fsp3) is 0.312. The number of ether oxygens (including phenoxy) is 1. The number of nitrogens with one attached hydrogen (secondary N) is 1. The standard InChI is InChI=1S/C16H13F3N4O4S/c1-27-15(26)12-14(28-22-21-12)20-13(25)8-5-11(24)23(7-8)10-4-2-3-9(6-10)16(17,18)19/h2-4,6,8H,5,7H2,1H3,(H,20,25)/t8-/m1/s1. The predicted octanol–water partition coefficient (Wildman–Crippen LogP) is 2.34. The van der Waals surface area contributed by atoms with Gasteiger partial charge in [0.1, 0.15) is 0 Å². The van der Waals surface area contributed by atoms with Crippen molar-refractivity contribution in [3.63, 3.8) is 0 Å². The molecule has 1 atom stereocenters. The number of benzene rings is 1. The summed E-state index contributed by atoms with van der Waals surface area (Å²) in [6, 6.07) is 4.33. The molecule has 0 radical (unpaired) electrons. The summed E-state index contributed by atoms with van der Waals surface area (Å²) in [5.41, 5.74) is -0.992. The molecule has 12 heteroatoms. The number of hydrogen-bond acceptors (Lipinski definition) is 7. The Bertz CT molecular complexity index is 931. The highest BCUT2D eigenvalue weighted by atomic mass is 32.1. The third-order valence-electron chi connectivity index (χ3n) is 4.08. The van der Waals surface area contributed by atoms with Crippen LogP contribution in [0.4, 0.5) is 23.9 Å². The van der Waals surface area contributed by atoms with Gasteiger partial charge in [-0.15, -0.1) is 5.10 Å². The monoisotopic (exact) mass is 414 g/mol. The first-order chi connectivity index (χ1) is 13.2. The van der Waals surface area contributed by atoms with Crippen LogP contribution in [0.25, 0.3) is 0 Å². The first-order valence-electron chi connectivity index (χ1n) is 7.90. The first kappa shape index (κ1) is 19.7. The number of aromatic nitrogens is 2. The number of esters is 1. The van der Waals surface area contributed by atoms with Gasteiger partial charge in [-0.05, 0) is 18.2 Å². The Balaban J connectivity index is 1.74. The van der Waals surface area contributed by atoms with E-state index in [1.807, 2.05) is 0 Å². The van der Waals surface area contributed by atoms with E-state index in [-0.39, 0.29) is 29.3 Å². The van der Waals surface area contributed by atoms with Crippen LogP contribution in [-0.4, -0.2) is 41.0 Å². The molecular weight excluding hydrogens is 401 g/mol. The average Bonchev–Trinajstić information content (AvgIpc) is 3.27. The lowest BCUT2D eigenvalue weighted by Crippen LogP contribution is -2.28. The number of carbonyl (C=O) groups excluding carboxylic acids is 3. The van der Waals surface area contributed by atoms with Gasteiger partial charge in [0.2, 0.25) is 17.5 Å². The van der Waals surface area contributed by atoms with E-state index in [2.05, 4.69) is 19.6 Å². The molecule has 28 heavy (non-hydrogen) atoms. The number of carbonyl (C=O) groups is 3. The summed E-state index contributed by atoms with van der Waals surface area (Å²) < 4.78 is 46.8. The van der Waals surface area contributed by atoms with Gasteiger partial charge in [-0.3, -0.25) is 9.59 Å². The van der Waals surface area contributed by atoms with Crippen molar-refractivity contribution in [3.05, 3.63) is 35.5 Å². The van der Waals surface area contributed by atoms with Crippen LogP contribution in [-0.2, 0) is 20.5 Å². The minimum Gasteiger partial charge on any atom is -0.464 e. The molecule has 148 valence electrons. The summed E-state index contributed by atoms with van der Waals surface area (Å²) in [5, 5.41) is 6.11. The third-order valence-corrected chi connectivity index (χ3v) is 4.73. The highest BCUT2D eigenvalue weighted by Crippen LogP contribution is 2.33. The molecule has 8 nitrogen and oxygen atoms in total. The molecule has 3 rings (SSSR count). The molecule has 1 aliphatic heterocycles. The molecular formula is C16H13F3N4O4S. The van der Waals surface area contributed by atoms with Crippen molar-refractivity contribution < 1.29 is 32.3 Å². The van der Waals surface area contributed by atoms with Crippen LogP contribution < -0.4 is 10.2 Å². The molecule has 0 spiro atoms. The highest BCUT2D eigenvalue weighted by Gasteiger charge is 2.37. The smallest absolute Gasteiger partial charge is 0.416 e. The van der Waals surface area contributed by atoms with Crippen LogP contribution in [0.1, 0.15) is 22.5 Å². The Kier molecular flexibility index (Phi) is 5.31. The summed E-state index contributed by atoms with van der Waals surface area (Å²) in [6.07, 6.45) is -4.72. The van der Waals surface area contributed by atoms with Crippen molar-refractivity contribution >= 4 is 40.0 Å². The third kappa shape index (κ3) is 3.96. The van der Waals surface area contributed by atoms with Crippen molar-refractivity contribution in [2.75, 3.05) is 23.9 Å². The number of rotatable bonds is 4. The predicted molar refractivity (Wildman–Crippen MR) is 91.8 cm³/mol. The van der Waals surface area contributed by atoms with Gasteiger partial charge in [0.25, 0.3) is 0 Å². The maximum Gasteiger partial charge on any atom is 0.416 e. The number of alkyl halides is 3. The summed E-state index contributed by atoms with van der Waals surface area (Å²) in [7, 11) is 1.15. The van der Waals surface area contributed by atoms with Gasteiger partial charge in [-0.2, -0.15) is 13.2 Å². The minimum atomic E-state index is -4.54. The normalized spacial score (nSPS) is 16.9. The lowest BCUT2D eigenvalue weighted by atomic mass is 10.1. The molecule has 0 unspecified atom stereocenters. The fourth-order valence-corrected chi connectivity index (χ4v) is 3.26. The van der Waals surface area contributed by atoms with Gasteiger partial charge in [-0.1, -0.05) is 10.6 Å². The van der Waals surface area contributed by atoms with Gasteiger partial charge in [0.05, 0.1) is 18.6 Å². The minimum absolute atomic E-state index is 0.0600. The van der Waals surface area contributed by atoms with Crippen molar-refractivity contribution in [1.82, 2.24) is 9.59 Å². The molecule has 2 amide bonds. The molecule has 0 bridgehead atoms. The Labute approximate surface area is 160 Å². The molecule has 1 N–H and O–H groups in total. The lowest BCUT2D eigenvalue weighted by Gasteiger charge is -2.18. The Morgan fingerprint density at radius 2 is 2.11 bits per heavy atom. The number of methoxy groups -OCH3 is 1. The second kappa shape index (κ2) is 7.54. The Morgan fingerprint density at radius 3 is 2.79 bits per heavy atom. The van der Waals surface area contributed by atoms with Crippen molar-refractivity contribution in [2.45, 2.75) is 12.6 Å². The van der Waals surface area contributed by atoms with Gasteiger partial charge < -0.3 is 15.0 Å². The second-order valence-electron chi connectivity index (χ2n) is 5.88. The first-order valence-corrected chi connectivity index (χ1v) is 8.67. The maximum atomic E-state index is 12.9. The van der Waals surface area contributed by atoms with E-state index in [4.69, 9.17) is 0 Å². The lowest BCUT2D eigenvalue weighted by molar-refractivity contribution is -0.137. The number of anilines is 2. The molecule has 1 saturated heterocycles. The van der Waals surface area contributed by atoms with E-state index in [9.17, 15) is 27.6 Å². The van der Waals surface area contributed by atoms with Crippen LogP contribution in [0.15, 0.2) is 24.3 Å². The molecule has 2 heterocycles. The van der Waals surface area contributed by atoms with Gasteiger partial charge in [-0.25, -0.2) is 4.79 Å². The second-order valence-corrected chi connectivity index (χ2v) is 6.64. The van der Waals surface area contributed by atoms with Crippen molar-refractivity contribution in [2.24, 2.45) is 5.92 Å². The van der Waals surface area contributed by atoms with Crippen LogP contribution in [0.3, 0.4) is 0 Å². The average molecular weight is 414 g/mol. The van der Waals surface area contributed by atoms with Crippen LogP contribution in [0.2, 0.25) is 0 Å². The topological polar surface area (TPSA) is 101 Å². The molecule has 0 saturated carbocycles. The van der Waals surface area contributed by atoms with E-state index in [1.54, 1.807) is 0 Å². The zero-order valence-electron chi connectivity index (χ0n) is 14.3. The van der Waals surface area contributed by atoms with E-state index in [0.717, 1.165) is 35.7 Å². The number of nitrogens with zero attached hydrogens (tertiary/aromatic N) is 3. The maximum absolute atomic E-state index is 12.9. The summed E-state index contributed by atoms with van der Waals surface area (Å²) in [5.74, 6) is -2.64. The van der Waals surface area contributed by atoms with E-state index in [1.165, 1.54) is 12.1 Å². The summed E-state index contributed by atoms with van der Waals surface area (Å²) in [6.45, 7) is -0.0915. The number of amides is 2. The largest absolute Gasteiger partial charge is 0.464 e. The molecule has 1 fully saturated rings.